The number of hydrogen-bond donors (Lipinski definition) is 2. The molecule has 0 aliphatic heterocycles. The Bertz CT molecular complexity index is 311. The van der Waals surface area contributed by atoms with E-state index in [1.807, 2.05) is 0 Å². The van der Waals surface area contributed by atoms with Crippen LogP contribution in [0.25, 0.3) is 0 Å². The zero-order chi connectivity index (χ0) is 9.61. The second-order valence-corrected chi connectivity index (χ2v) is 3.94. The number of rotatable bonds is 0. The molecule has 7 heteroatoms. The Morgan fingerprint density at radius 3 is 1.77 bits per heavy atom. The monoisotopic (exact) mass is 234 g/mol. The number of halogens is 1. The molecule has 0 aromatic heterocycles. The standard InChI is InChI=1S/C6H5F.Na.H2O3S2.H/c7-6-4-2-1-3-5-6;;1-5(2,3)4;/h1-5H;;(H2,1,2,3,4);/q;+1;;-1. The first kappa shape index (κ1) is 15.9. The van der Waals surface area contributed by atoms with Crippen LogP contribution in [0, 0.1) is 5.82 Å². The third-order valence-corrected chi connectivity index (χ3v) is 0.733. The third-order valence-electron chi connectivity index (χ3n) is 0.733. The smallest absolute Gasteiger partial charge is 1.00 e. The van der Waals surface area contributed by atoms with Gasteiger partial charge in [-0.15, -0.1) is 0 Å². The van der Waals surface area contributed by atoms with Crippen molar-refractivity contribution in [1.82, 2.24) is 0 Å². The summed E-state index contributed by atoms with van der Waals surface area (Å²) < 4.78 is 35.9. The van der Waals surface area contributed by atoms with Crippen LogP contribution in [0.3, 0.4) is 0 Å². The largest absolute Gasteiger partial charge is 1.00 e. The predicted octanol–water partition coefficient (Wildman–Crippen LogP) is -1.38. The molecule has 0 spiro atoms. The van der Waals surface area contributed by atoms with E-state index in [4.69, 9.17) is 13.3 Å². The molecule has 3 nitrogen and oxygen atoms in total. The summed E-state index contributed by atoms with van der Waals surface area (Å²) in [4.78, 5) is 0. The average molecular weight is 234 g/mol. The van der Waals surface area contributed by atoms with Gasteiger partial charge in [-0.05, 0) is 12.1 Å². The van der Waals surface area contributed by atoms with Crippen LogP contribution in [0.4, 0.5) is 4.39 Å². The molecule has 0 bridgehead atoms. The van der Waals surface area contributed by atoms with E-state index in [2.05, 4.69) is 11.2 Å². The normalized spacial score (nSPS) is 9.15. The van der Waals surface area contributed by atoms with Crippen LogP contribution >= 0.6 is 0 Å². The molecule has 0 aliphatic rings. The Hall–Kier alpha value is 0.440. The number of hydrogen-bond acceptors (Lipinski definition) is 2. The molecule has 1 rings (SSSR count). The molecule has 0 atom stereocenters. The van der Waals surface area contributed by atoms with Gasteiger partial charge in [-0.1, -0.05) is 18.2 Å². The molecule has 70 valence electrons. The maximum absolute atomic E-state index is 11.9. The minimum absolute atomic E-state index is 0. The fraction of sp³-hybridized carbons (Fsp3) is 0. The average Bonchev–Trinajstić information content (AvgIpc) is 1.85. The maximum atomic E-state index is 11.9. The first-order valence-electron chi connectivity index (χ1n) is 2.80. The van der Waals surface area contributed by atoms with Crippen LogP contribution in [0.2, 0.25) is 0 Å². The van der Waals surface area contributed by atoms with Crippen molar-refractivity contribution in [3.05, 3.63) is 36.1 Å². The molecule has 0 heterocycles. The summed E-state index contributed by atoms with van der Waals surface area (Å²) in [5, 5.41) is 0. The Balaban J connectivity index is -0.000000159. The molecule has 0 aliphatic carbocycles. The molecular weight excluding hydrogens is 226 g/mol. The van der Waals surface area contributed by atoms with Gasteiger partial charge in [0, 0.05) is 11.2 Å². The van der Waals surface area contributed by atoms with E-state index in [9.17, 15) is 4.39 Å². The molecule has 0 saturated carbocycles. The second kappa shape index (κ2) is 7.81. The molecular formula is C6H8FNaO3S2. The molecule has 13 heavy (non-hydrogen) atoms. The Labute approximate surface area is 104 Å². The summed E-state index contributed by atoms with van der Waals surface area (Å²) in [7, 11) is -3.83. The number of benzene rings is 1. The molecule has 2 N–H and O–H groups in total. The van der Waals surface area contributed by atoms with Gasteiger partial charge in [0.1, 0.15) is 5.82 Å². The van der Waals surface area contributed by atoms with E-state index in [0.717, 1.165) is 0 Å². The summed E-state index contributed by atoms with van der Waals surface area (Å²) in [6.07, 6.45) is 0. The van der Waals surface area contributed by atoms with Crippen LogP contribution in [0.5, 0.6) is 0 Å². The molecule has 0 amide bonds. The van der Waals surface area contributed by atoms with Gasteiger partial charge in [-0.3, -0.25) is 9.11 Å². The van der Waals surface area contributed by atoms with Crippen LogP contribution in [-0.4, -0.2) is 13.3 Å². The van der Waals surface area contributed by atoms with Gasteiger partial charge in [0.15, 0.2) is 0 Å². The fourth-order valence-electron chi connectivity index (χ4n) is 0.415. The quantitative estimate of drug-likeness (QED) is 0.543. The third kappa shape index (κ3) is 19.0. The van der Waals surface area contributed by atoms with Crippen LogP contribution in [0.1, 0.15) is 1.43 Å². The van der Waals surface area contributed by atoms with E-state index in [-0.39, 0.29) is 36.8 Å². The van der Waals surface area contributed by atoms with Gasteiger partial charge in [0.2, 0.25) is 0 Å². The molecule has 1 aromatic carbocycles. The van der Waals surface area contributed by atoms with Crippen molar-refractivity contribution in [3.63, 3.8) is 0 Å². The summed E-state index contributed by atoms with van der Waals surface area (Å²) in [6, 6.07) is 7.94. The summed E-state index contributed by atoms with van der Waals surface area (Å²) in [5.41, 5.74) is 0. The predicted molar refractivity (Wildman–Crippen MR) is 48.3 cm³/mol. The fourth-order valence-corrected chi connectivity index (χ4v) is 0.415. The Morgan fingerprint density at radius 1 is 1.31 bits per heavy atom. The van der Waals surface area contributed by atoms with Crippen molar-refractivity contribution in [3.8, 4) is 0 Å². The topological polar surface area (TPSA) is 57.5 Å². The van der Waals surface area contributed by atoms with Gasteiger partial charge in [-0.2, -0.15) is 4.21 Å². The maximum Gasteiger partial charge on any atom is 1.00 e. The molecule has 0 fully saturated rings. The van der Waals surface area contributed by atoms with E-state index >= 15 is 0 Å². The first-order chi connectivity index (χ1) is 5.39. The first-order valence-corrected chi connectivity index (χ1v) is 5.20. The minimum atomic E-state index is -3.83. The summed E-state index contributed by atoms with van der Waals surface area (Å²) >= 11 is 3.47. The van der Waals surface area contributed by atoms with Gasteiger partial charge in [0.25, 0.3) is 9.05 Å². The van der Waals surface area contributed by atoms with Crippen molar-refractivity contribution >= 4 is 20.2 Å². The van der Waals surface area contributed by atoms with Gasteiger partial charge in [-0.25, -0.2) is 4.39 Å². The van der Waals surface area contributed by atoms with Crippen LogP contribution < -0.4 is 29.6 Å². The molecule has 0 radical (unpaired) electrons. The van der Waals surface area contributed by atoms with Gasteiger partial charge in [0.05, 0.1) is 0 Å². The van der Waals surface area contributed by atoms with Crippen molar-refractivity contribution in [2.45, 2.75) is 0 Å². The molecule has 0 saturated heterocycles. The van der Waals surface area contributed by atoms with Gasteiger partial charge < -0.3 is 1.43 Å². The van der Waals surface area contributed by atoms with Crippen molar-refractivity contribution in [1.29, 1.82) is 0 Å². The Kier molecular flexibility index (Phi) is 9.55. The van der Waals surface area contributed by atoms with Crippen LogP contribution in [-0.2, 0) is 20.2 Å². The zero-order valence-corrected chi connectivity index (χ0v) is 10.5. The molecule has 0 unspecified atom stereocenters. The van der Waals surface area contributed by atoms with Gasteiger partial charge >= 0.3 is 29.6 Å². The van der Waals surface area contributed by atoms with Crippen LogP contribution in [0.15, 0.2) is 30.3 Å². The summed E-state index contributed by atoms with van der Waals surface area (Å²) in [6.45, 7) is 0. The second-order valence-electron chi connectivity index (χ2n) is 1.74. The van der Waals surface area contributed by atoms with E-state index < -0.39 is 9.05 Å². The minimum Gasteiger partial charge on any atom is -1.00 e. The van der Waals surface area contributed by atoms with E-state index in [1.165, 1.54) is 12.1 Å². The van der Waals surface area contributed by atoms with Crippen molar-refractivity contribution in [2.75, 3.05) is 0 Å². The zero-order valence-electron chi connectivity index (χ0n) is 7.88. The van der Waals surface area contributed by atoms with E-state index in [1.54, 1.807) is 18.2 Å². The van der Waals surface area contributed by atoms with E-state index in [0.29, 0.717) is 0 Å². The molecule has 1 aromatic rings. The van der Waals surface area contributed by atoms with Crippen molar-refractivity contribution in [2.24, 2.45) is 0 Å². The van der Waals surface area contributed by atoms with Crippen molar-refractivity contribution < 1.29 is 48.7 Å². The Morgan fingerprint density at radius 2 is 1.62 bits per heavy atom. The SMILES string of the molecule is Fc1ccccc1.O=S(O)(O)=S.[H-].[Na+]. The summed E-state index contributed by atoms with van der Waals surface area (Å²) in [5.74, 6) is -0.178.